The van der Waals surface area contributed by atoms with Gasteiger partial charge in [-0.2, -0.15) is 0 Å². The summed E-state index contributed by atoms with van der Waals surface area (Å²) >= 11 is 1.74. The van der Waals surface area contributed by atoms with Crippen molar-refractivity contribution in [3.63, 3.8) is 0 Å². The van der Waals surface area contributed by atoms with Crippen LogP contribution in [0.3, 0.4) is 0 Å². The average Bonchev–Trinajstić information content (AvgIpc) is 2.95. The number of benzene rings is 2. The van der Waals surface area contributed by atoms with Crippen LogP contribution < -0.4 is 10.5 Å². The maximum Gasteiger partial charge on any atom is 0.127 e. The van der Waals surface area contributed by atoms with E-state index in [-0.39, 0.29) is 6.04 Å². The largest absolute Gasteiger partial charge is 0.457 e. The van der Waals surface area contributed by atoms with Crippen molar-refractivity contribution in [2.75, 3.05) is 0 Å². The minimum absolute atomic E-state index is 0.0746. The van der Waals surface area contributed by atoms with Crippen molar-refractivity contribution < 1.29 is 4.74 Å². The molecule has 2 aromatic carbocycles. The zero-order chi connectivity index (χ0) is 14.7. The Morgan fingerprint density at radius 1 is 0.857 bits per heavy atom. The molecule has 0 aliphatic rings. The highest BCUT2D eigenvalue weighted by molar-refractivity contribution is 7.12. The van der Waals surface area contributed by atoms with Crippen molar-refractivity contribution in [2.45, 2.75) is 13.0 Å². The fourth-order valence-electron chi connectivity index (χ4n) is 2.15. The van der Waals surface area contributed by atoms with Crippen LogP contribution in [0.15, 0.2) is 66.7 Å². The molecule has 0 fully saturated rings. The van der Waals surface area contributed by atoms with E-state index in [2.05, 4.69) is 19.1 Å². The van der Waals surface area contributed by atoms with E-state index in [9.17, 15) is 0 Å². The Labute approximate surface area is 128 Å². The Balaban J connectivity index is 1.75. The first-order chi connectivity index (χ1) is 10.2. The van der Waals surface area contributed by atoms with Crippen LogP contribution in [0.2, 0.25) is 0 Å². The van der Waals surface area contributed by atoms with Gasteiger partial charge in [-0.25, -0.2) is 0 Å². The highest BCUT2D eigenvalue weighted by Gasteiger charge is 2.11. The van der Waals surface area contributed by atoms with E-state index in [1.807, 2.05) is 54.6 Å². The van der Waals surface area contributed by atoms with Gasteiger partial charge in [-0.05, 0) is 48.9 Å². The third kappa shape index (κ3) is 3.32. The van der Waals surface area contributed by atoms with Crippen LogP contribution in [0.5, 0.6) is 11.5 Å². The van der Waals surface area contributed by atoms with Gasteiger partial charge in [-0.3, -0.25) is 0 Å². The highest BCUT2D eigenvalue weighted by Crippen LogP contribution is 2.28. The van der Waals surface area contributed by atoms with Gasteiger partial charge >= 0.3 is 0 Å². The summed E-state index contributed by atoms with van der Waals surface area (Å²) in [7, 11) is 0. The predicted octanol–water partition coefficient (Wildman–Crippen LogP) is 4.90. The number of nitrogens with two attached hydrogens (primary N) is 1. The molecular weight excluding hydrogens is 278 g/mol. The number of hydrogen-bond acceptors (Lipinski definition) is 3. The topological polar surface area (TPSA) is 35.2 Å². The fourth-order valence-corrected chi connectivity index (χ4v) is 3.06. The van der Waals surface area contributed by atoms with Crippen molar-refractivity contribution in [3.05, 3.63) is 82.0 Å². The molecule has 3 aromatic rings. The molecular formula is C18H17NOS. The molecule has 0 saturated carbocycles. The maximum absolute atomic E-state index is 6.30. The number of aryl methyl sites for hydroxylation is 1. The highest BCUT2D eigenvalue weighted by atomic mass is 32.1. The predicted molar refractivity (Wildman–Crippen MR) is 88.0 cm³/mol. The molecule has 106 valence electrons. The summed E-state index contributed by atoms with van der Waals surface area (Å²) in [6.07, 6.45) is 0. The van der Waals surface area contributed by atoms with Gasteiger partial charge in [0.25, 0.3) is 0 Å². The molecule has 3 rings (SSSR count). The lowest BCUT2D eigenvalue weighted by molar-refractivity contribution is 0.482. The molecule has 1 atom stereocenters. The van der Waals surface area contributed by atoms with Crippen molar-refractivity contribution in [1.82, 2.24) is 0 Å². The average molecular weight is 295 g/mol. The molecule has 1 heterocycles. The van der Waals surface area contributed by atoms with Crippen LogP contribution in [-0.2, 0) is 0 Å². The fraction of sp³-hybridized carbons (Fsp3) is 0.111. The van der Waals surface area contributed by atoms with Gasteiger partial charge in [-0.15, -0.1) is 11.3 Å². The quantitative estimate of drug-likeness (QED) is 0.743. The lowest BCUT2D eigenvalue weighted by atomic mass is 10.1. The molecule has 0 aliphatic carbocycles. The summed E-state index contributed by atoms with van der Waals surface area (Å²) in [5.74, 6) is 1.66. The zero-order valence-electron chi connectivity index (χ0n) is 11.8. The third-order valence-corrected chi connectivity index (χ3v) is 4.37. The van der Waals surface area contributed by atoms with Crippen LogP contribution in [-0.4, -0.2) is 0 Å². The smallest absolute Gasteiger partial charge is 0.127 e. The summed E-state index contributed by atoms with van der Waals surface area (Å²) in [4.78, 5) is 2.47. The molecule has 2 nitrogen and oxygen atoms in total. The van der Waals surface area contributed by atoms with E-state index in [4.69, 9.17) is 10.5 Å². The van der Waals surface area contributed by atoms with Crippen molar-refractivity contribution in [1.29, 1.82) is 0 Å². The van der Waals surface area contributed by atoms with Gasteiger partial charge in [0.1, 0.15) is 11.5 Å². The summed E-state index contributed by atoms with van der Waals surface area (Å²) in [5, 5.41) is 0. The first-order valence-corrected chi connectivity index (χ1v) is 7.69. The summed E-state index contributed by atoms with van der Waals surface area (Å²) in [6.45, 7) is 2.09. The van der Waals surface area contributed by atoms with E-state index < -0.39 is 0 Å². The second-order valence-electron chi connectivity index (χ2n) is 4.91. The molecule has 0 radical (unpaired) electrons. The monoisotopic (exact) mass is 295 g/mol. The number of ether oxygens (including phenoxy) is 1. The van der Waals surface area contributed by atoms with E-state index in [1.54, 1.807) is 11.3 Å². The summed E-state index contributed by atoms with van der Waals surface area (Å²) < 4.78 is 5.78. The molecule has 1 aromatic heterocycles. The van der Waals surface area contributed by atoms with Gasteiger partial charge < -0.3 is 10.5 Å². The summed E-state index contributed by atoms with van der Waals surface area (Å²) in [6, 6.07) is 21.9. The van der Waals surface area contributed by atoms with Gasteiger partial charge in [0.2, 0.25) is 0 Å². The number of hydrogen-bond donors (Lipinski definition) is 1. The Kier molecular flexibility index (Phi) is 4.04. The van der Waals surface area contributed by atoms with Crippen molar-refractivity contribution >= 4 is 11.3 Å². The number of thiophene rings is 1. The molecule has 1 unspecified atom stereocenters. The lowest BCUT2D eigenvalue weighted by Crippen LogP contribution is -2.09. The Morgan fingerprint density at radius 3 is 2.14 bits per heavy atom. The molecule has 3 heteroatoms. The van der Waals surface area contributed by atoms with Crippen LogP contribution in [0.25, 0.3) is 0 Å². The molecule has 0 spiro atoms. The Hall–Kier alpha value is -2.10. The van der Waals surface area contributed by atoms with Gasteiger partial charge in [0.15, 0.2) is 0 Å². The van der Waals surface area contributed by atoms with Crippen molar-refractivity contribution in [2.24, 2.45) is 5.73 Å². The third-order valence-electron chi connectivity index (χ3n) is 3.29. The lowest BCUT2D eigenvalue weighted by Gasteiger charge is -2.11. The zero-order valence-corrected chi connectivity index (χ0v) is 12.6. The minimum Gasteiger partial charge on any atom is -0.457 e. The first kappa shape index (κ1) is 13.9. The number of rotatable bonds is 4. The Bertz CT molecular complexity index is 704. The molecule has 0 saturated heterocycles. The van der Waals surface area contributed by atoms with Crippen LogP contribution in [0.1, 0.15) is 21.4 Å². The molecule has 0 aliphatic heterocycles. The van der Waals surface area contributed by atoms with E-state index in [1.165, 1.54) is 9.75 Å². The second kappa shape index (κ2) is 6.12. The van der Waals surface area contributed by atoms with Gasteiger partial charge in [0, 0.05) is 9.75 Å². The molecule has 0 bridgehead atoms. The van der Waals surface area contributed by atoms with E-state index in [0.717, 1.165) is 17.1 Å². The maximum atomic E-state index is 6.30. The first-order valence-electron chi connectivity index (χ1n) is 6.87. The van der Waals surface area contributed by atoms with Gasteiger partial charge in [-0.1, -0.05) is 30.3 Å². The van der Waals surface area contributed by atoms with Crippen LogP contribution in [0.4, 0.5) is 0 Å². The van der Waals surface area contributed by atoms with Gasteiger partial charge in [0.05, 0.1) is 6.04 Å². The second-order valence-corrected chi connectivity index (χ2v) is 6.23. The summed E-state index contributed by atoms with van der Waals surface area (Å²) in [5.41, 5.74) is 7.40. The van der Waals surface area contributed by atoms with E-state index >= 15 is 0 Å². The molecule has 0 amide bonds. The minimum atomic E-state index is -0.0746. The molecule has 2 N–H and O–H groups in total. The number of para-hydroxylation sites is 1. The Morgan fingerprint density at radius 2 is 1.52 bits per heavy atom. The normalized spacial score (nSPS) is 12.1. The van der Waals surface area contributed by atoms with Crippen LogP contribution in [0, 0.1) is 6.92 Å². The van der Waals surface area contributed by atoms with E-state index in [0.29, 0.717) is 0 Å². The molecule has 21 heavy (non-hydrogen) atoms. The van der Waals surface area contributed by atoms with Crippen molar-refractivity contribution in [3.8, 4) is 11.5 Å². The SMILES string of the molecule is Cc1ccc(C(N)c2ccc(Oc3ccccc3)cc2)s1. The van der Waals surface area contributed by atoms with Crippen LogP contribution >= 0.6 is 11.3 Å². The standard InChI is InChI=1S/C18H17NOS/c1-13-7-12-17(21-13)18(19)14-8-10-16(11-9-14)20-15-5-3-2-4-6-15/h2-12,18H,19H2,1H3.